The summed E-state index contributed by atoms with van der Waals surface area (Å²) >= 11 is 5.87. The third-order valence-electron chi connectivity index (χ3n) is 5.29. The number of benzene rings is 2. The van der Waals surface area contributed by atoms with Gasteiger partial charge in [0.2, 0.25) is 11.8 Å². The van der Waals surface area contributed by atoms with Crippen molar-refractivity contribution in [3.8, 4) is 0 Å². The van der Waals surface area contributed by atoms with Crippen molar-refractivity contribution in [2.24, 2.45) is 11.8 Å². The molecule has 3 rings (SSSR count). The predicted molar refractivity (Wildman–Crippen MR) is 109 cm³/mol. The van der Waals surface area contributed by atoms with Gasteiger partial charge in [0.05, 0.1) is 0 Å². The molecule has 0 aromatic heterocycles. The lowest BCUT2D eigenvalue weighted by atomic mass is 9.81. The van der Waals surface area contributed by atoms with Crippen LogP contribution in [0.4, 0.5) is 5.69 Å². The Morgan fingerprint density at radius 3 is 2.15 bits per heavy atom. The van der Waals surface area contributed by atoms with Crippen LogP contribution in [0, 0.1) is 18.8 Å². The Hall–Kier alpha value is -2.33. The Balaban J connectivity index is 1.45. The molecule has 1 fully saturated rings. The maximum absolute atomic E-state index is 12.5. The molecular formula is C22H25ClN2O2. The smallest absolute Gasteiger partial charge is 0.227 e. The minimum Gasteiger partial charge on any atom is -0.352 e. The first-order valence-corrected chi connectivity index (χ1v) is 9.79. The fraction of sp³-hybridized carbons (Fsp3) is 0.364. The van der Waals surface area contributed by atoms with Crippen LogP contribution in [-0.2, 0) is 16.1 Å². The van der Waals surface area contributed by atoms with E-state index in [-0.39, 0.29) is 23.7 Å². The summed E-state index contributed by atoms with van der Waals surface area (Å²) in [7, 11) is 0. The third kappa shape index (κ3) is 5.33. The molecule has 4 nitrogen and oxygen atoms in total. The van der Waals surface area contributed by atoms with Crippen molar-refractivity contribution in [3.05, 3.63) is 64.7 Å². The van der Waals surface area contributed by atoms with Gasteiger partial charge in [0.25, 0.3) is 0 Å². The van der Waals surface area contributed by atoms with E-state index < -0.39 is 0 Å². The Bertz CT molecular complexity index is 796. The lowest BCUT2D eigenvalue weighted by Gasteiger charge is -2.27. The molecule has 2 aromatic carbocycles. The molecule has 0 spiro atoms. The van der Waals surface area contributed by atoms with E-state index in [2.05, 4.69) is 10.6 Å². The lowest BCUT2D eigenvalue weighted by Crippen LogP contribution is -2.35. The highest BCUT2D eigenvalue weighted by atomic mass is 35.5. The molecule has 0 unspecified atom stereocenters. The van der Waals surface area contributed by atoms with Crippen molar-refractivity contribution < 1.29 is 9.59 Å². The predicted octanol–water partition coefficient (Wildman–Crippen LogP) is 4.71. The number of carbonyl (C=O) groups excluding carboxylic acids is 2. The SMILES string of the molecule is Cc1ccccc1CNC(=O)C1CCC(C(=O)Nc2ccc(Cl)cc2)CC1. The van der Waals surface area contributed by atoms with E-state index in [0.717, 1.165) is 36.9 Å². The average Bonchev–Trinajstić information content (AvgIpc) is 2.69. The Morgan fingerprint density at radius 2 is 1.52 bits per heavy atom. The number of carbonyl (C=O) groups is 2. The summed E-state index contributed by atoms with van der Waals surface area (Å²) in [6.45, 7) is 2.61. The van der Waals surface area contributed by atoms with Crippen LogP contribution >= 0.6 is 11.6 Å². The number of hydrogen-bond acceptors (Lipinski definition) is 2. The zero-order chi connectivity index (χ0) is 19.2. The molecule has 2 N–H and O–H groups in total. The minimum absolute atomic E-state index is 0.00593. The lowest BCUT2D eigenvalue weighted by molar-refractivity contribution is -0.128. The first-order valence-electron chi connectivity index (χ1n) is 9.41. The zero-order valence-corrected chi connectivity index (χ0v) is 16.3. The van der Waals surface area contributed by atoms with E-state index in [1.165, 1.54) is 5.56 Å². The maximum Gasteiger partial charge on any atom is 0.227 e. The van der Waals surface area contributed by atoms with Crippen LogP contribution in [0.3, 0.4) is 0 Å². The summed E-state index contributed by atoms with van der Waals surface area (Å²) in [5.74, 6) is 0.0700. The van der Waals surface area contributed by atoms with E-state index in [9.17, 15) is 9.59 Å². The van der Waals surface area contributed by atoms with Gasteiger partial charge in [-0.15, -0.1) is 0 Å². The standard InChI is InChI=1S/C22H25ClN2O2/c1-15-4-2-3-5-18(15)14-24-21(26)16-6-8-17(9-7-16)22(27)25-20-12-10-19(23)11-13-20/h2-5,10-13,16-17H,6-9,14H2,1H3,(H,24,26)(H,25,27). The highest BCUT2D eigenvalue weighted by Crippen LogP contribution is 2.30. The number of halogens is 1. The van der Waals surface area contributed by atoms with Gasteiger partial charge in [0, 0.05) is 29.1 Å². The highest BCUT2D eigenvalue weighted by Gasteiger charge is 2.29. The second-order valence-corrected chi connectivity index (χ2v) is 7.63. The average molecular weight is 385 g/mol. The summed E-state index contributed by atoms with van der Waals surface area (Å²) < 4.78 is 0. The van der Waals surface area contributed by atoms with E-state index in [1.54, 1.807) is 24.3 Å². The van der Waals surface area contributed by atoms with Gasteiger partial charge in [-0.25, -0.2) is 0 Å². The number of rotatable bonds is 5. The monoisotopic (exact) mass is 384 g/mol. The van der Waals surface area contributed by atoms with Crippen molar-refractivity contribution in [2.45, 2.75) is 39.2 Å². The molecule has 0 saturated heterocycles. The van der Waals surface area contributed by atoms with E-state index in [1.807, 2.05) is 31.2 Å². The number of amides is 2. The quantitative estimate of drug-likeness (QED) is 0.784. The van der Waals surface area contributed by atoms with Gasteiger partial charge >= 0.3 is 0 Å². The molecule has 1 aliphatic rings. The number of nitrogens with one attached hydrogen (secondary N) is 2. The molecule has 0 aliphatic heterocycles. The Morgan fingerprint density at radius 1 is 0.926 bits per heavy atom. The molecule has 27 heavy (non-hydrogen) atoms. The molecule has 2 amide bonds. The van der Waals surface area contributed by atoms with Gasteiger partial charge in [-0.05, 0) is 68.0 Å². The Kier molecular flexibility index (Phi) is 6.51. The van der Waals surface area contributed by atoms with Crippen LogP contribution in [0.25, 0.3) is 0 Å². The van der Waals surface area contributed by atoms with Crippen LogP contribution in [0.1, 0.15) is 36.8 Å². The Labute approximate surface area is 165 Å². The largest absolute Gasteiger partial charge is 0.352 e. The van der Waals surface area contributed by atoms with Crippen LogP contribution in [0.15, 0.2) is 48.5 Å². The molecular weight excluding hydrogens is 360 g/mol. The van der Waals surface area contributed by atoms with Crippen molar-refractivity contribution >= 4 is 29.1 Å². The van der Waals surface area contributed by atoms with Crippen LogP contribution in [0.5, 0.6) is 0 Å². The van der Waals surface area contributed by atoms with E-state index >= 15 is 0 Å². The van der Waals surface area contributed by atoms with Crippen molar-refractivity contribution in [2.75, 3.05) is 5.32 Å². The van der Waals surface area contributed by atoms with Crippen LogP contribution < -0.4 is 10.6 Å². The molecule has 5 heteroatoms. The van der Waals surface area contributed by atoms with Crippen LogP contribution in [0.2, 0.25) is 5.02 Å². The fourth-order valence-electron chi connectivity index (χ4n) is 3.53. The molecule has 1 aliphatic carbocycles. The third-order valence-corrected chi connectivity index (χ3v) is 5.55. The zero-order valence-electron chi connectivity index (χ0n) is 15.5. The normalized spacial score (nSPS) is 19.3. The maximum atomic E-state index is 12.5. The first kappa shape index (κ1) is 19.4. The highest BCUT2D eigenvalue weighted by molar-refractivity contribution is 6.30. The summed E-state index contributed by atoms with van der Waals surface area (Å²) in [4.78, 5) is 24.9. The summed E-state index contributed by atoms with van der Waals surface area (Å²) in [5.41, 5.74) is 3.07. The van der Waals surface area contributed by atoms with E-state index in [4.69, 9.17) is 11.6 Å². The summed E-state index contributed by atoms with van der Waals surface area (Å²) in [5, 5.41) is 6.63. The number of anilines is 1. The van der Waals surface area contributed by atoms with Gasteiger partial charge in [-0.1, -0.05) is 35.9 Å². The summed E-state index contributed by atoms with van der Waals surface area (Å²) in [6.07, 6.45) is 2.97. The van der Waals surface area contributed by atoms with Crippen molar-refractivity contribution in [1.29, 1.82) is 0 Å². The first-order chi connectivity index (χ1) is 13.0. The minimum atomic E-state index is -0.0407. The van der Waals surface area contributed by atoms with Gasteiger partial charge < -0.3 is 10.6 Å². The van der Waals surface area contributed by atoms with Gasteiger partial charge in [-0.3, -0.25) is 9.59 Å². The molecule has 0 radical (unpaired) electrons. The second kappa shape index (κ2) is 9.05. The molecule has 1 saturated carbocycles. The second-order valence-electron chi connectivity index (χ2n) is 7.19. The van der Waals surface area contributed by atoms with Gasteiger partial charge in [0.15, 0.2) is 0 Å². The van der Waals surface area contributed by atoms with Gasteiger partial charge in [-0.2, -0.15) is 0 Å². The molecule has 142 valence electrons. The number of hydrogen-bond donors (Lipinski definition) is 2. The summed E-state index contributed by atoms with van der Waals surface area (Å²) in [6, 6.07) is 15.2. The molecule has 0 bridgehead atoms. The van der Waals surface area contributed by atoms with Gasteiger partial charge in [0.1, 0.15) is 0 Å². The molecule has 0 heterocycles. The van der Waals surface area contributed by atoms with Crippen molar-refractivity contribution in [3.63, 3.8) is 0 Å². The van der Waals surface area contributed by atoms with Crippen molar-refractivity contribution in [1.82, 2.24) is 5.32 Å². The number of aryl methyl sites for hydroxylation is 1. The topological polar surface area (TPSA) is 58.2 Å². The van der Waals surface area contributed by atoms with E-state index in [0.29, 0.717) is 11.6 Å². The fourth-order valence-corrected chi connectivity index (χ4v) is 3.66. The molecule has 2 aromatic rings. The molecule has 0 atom stereocenters. The van der Waals surface area contributed by atoms with Crippen LogP contribution in [-0.4, -0.2) is 11.8 Å².